The highest BCUT2D eigenvalue weighted by Gasteiger charge is 2.36. The molecule has 186 valence electrons. The molecule has 2 aliphatic rings. The van der Waals surface area contributed by atoms with E-state index in [2.05, 4.69) is 51.6 Å². The summed E-state index contributed by atoms with van der Waals surface area (Å²) in [5.74, 6) is 0.194. The van der Waals surface area contributed by atoms with Crippen molar-refractivity contribution in [1.82, 2.24) is 15.5 Å². The Kier molecular flexibility index (Phi) is 7.92. The predicted octanol–water partition coefficient (Wildman–Crippen LogP) is 3.39. The van der Waals surface area contributed by atoms with Gasteiger partial charge >= 0.3 is 12.0 Å². The molecule has 0 radical (unpaired) electrons. The quantitative estimate of drug-likeness (QED) is 0.566. The number of aryl methyl sites for hydroxylation is 1. The van der Waals surface area contributed by atoms with Gasteiger partial charge in [0.25, 0.3) is 0 Å². The third-order valence-corrected chi connectivity index (χ3v) is 6.30. The molecule has 0 bridgehead atoms. The zero-order valence-corrected chi connectivity index (χ0v) is 20.7. The Morgan fingerprint density at radius 1 is 1.03 bits per heavy atom. The largest absolute Gasteiger partial charge is 0.494 e. The number of anilines is 1. The van der Waals surface area contributed by atoms with Gasteiger partial charge in [-0.2, -0.15) is 0 Å². The lowest BCUT2D eigenvalue weighted by molar-refractivity contribution is -0.139. The Balaban J connectivity index is 1.59. The molecule has 2 N–H and O–H groups in total. The Morgan fingerprint density at radius 2 is 1.80 bits per heavy atom. The SMILES string of the molecule is CCOC(=O)C1=C(CN2CCN(c3cccc(C)c3)CC2)NC(=O)N[C@H]1c1ccccc1OCC. The van der Waals surface area contributed by atoms with E-state index in [1.54, 1.807) is 6.92 Å². The summed E-state index contributed by atoms with van der Waals surface area (Å²) in [6.45, 7) is 10.3. The van der Waals surface area contributed by atoms with E-state index >= 15 is 0 Å². The fourth-order valence-electron chi connectivity index (χ4n) is 4.64. The minimum Gasteiger partial charge on any atom is -0.494 e. The van der Waals surface area contributed by atoms with Crippen LogP contribution < -0.4 is 20.3 Å². The van der Waals surface area contributed by atoms with Crippen molar-refractivity contribution < 1.29 is 19.1 Å². The van der Waals surface area contributed by atoms with E-state index in [4.69, 9.17) is 9.47 Å². The number of nitrogens with zero attached hydrogens (tertiary/aromatic N) is 2. The van der Waals surface area contributed by atoms with Crippen LogP contribution in [0.4, 0.5) is 10.5 Å². The average molecular weight is 479 g/mol. The zero-order chi connectivity index (χ0) is 24.8. The van der Waals surface area contributed by atoms with E-state index in [9.17, 15) is 9.59 Å². The van der Waals surface area contributed by atoms with Crippen LogP contribution in [0.2, 0.25) is 0 Å². The second-order valence-corrected chi connectivity index (χ2v) is 8.72. The molecule has 2 aromatic carbocycles. The normalized spacial score (nSPS) is 18.7. The number of carbonyl (C=O) groups is 2. The molecule has 8 nitrogen and oxygen atoms in total. The van der Waals surface area contributed by atoms with Crippen molar-refractivity contribution in [2.45, 2.75) is 26.8 Å². The number of urea groups is 1. The lowest BCUT2D eigenvalue weighted by Gasteiger charge is -2.38. The third-order valence-electron chi connectivity index (χ3n) is 6.30. The summed E-state index contributed by atoms with van der Waals surface area (Å²) < 4.78 is 11.2. The Morgan fingerprint density at radius 3 is 2.51 bits per heavy atom. The zero-order valence-electron chi connectivity index (χ0n) is 20.7. The van der Waals surface area contributed by atoms with Gasteiger partial charge in [-0.05, 0) is 44.5 Å². The first kappa shape index (κ1) is 24.6. The van der Waals surface area contributed by atoms with Crippen molar-refractivity contribution in [3.05, 3.63) is 70.9 Å². The summed E-state index contributed by atoms with van der Waals surface area (Å²) >= 11 is 0. The fraction of sp³-hybridized carbons (Fsp3) is 0.407. The topological polar surface area (TPSA) is 83.1 Å². The van der Waals surface area contributed by atoms with E-state index in [1.165, 1.54) is 11.3 Å². The van der Waals surface area contributed by atoms with Crippen LogP contribution in [0.3, 0.4) is 0 Å². The van der Waals surface area contributed by atoms with Crippen LogP contribution in [0.25, 0.3) is 0 Å². The van der Waals surface area contributed by atoms with Crippen LogP contribution in [0, 0.1) is 6.92 Å². The number of ether oxygens (including phenoxy) is 2. The van der Waals surface area contributed by atoms with Crippen molar-refractivity contribution >= 4 is 17.7 Å². The average Bonchev–Trinajstić information content (AvgIpc) is 2.85. The van der Waals surface area contributed by atoms with Crippen molar-refractivity contribution in [1.29, 1.82) is 0 Å². The van der Waals surface area contributed by atoms with Gasteiger partial charge in [0, 0.05) is 49.7 Å². The number of benzene rings is 2. The first-order valence-corrected chi connectivity index (χ1v) is 12.2. The molecular formula is C27H34N4O4. The second-order valence-electron chi connectivity index (χ2n) is 8.72. The Labute approximate surface area is 206 Å². The maximum atomic E-state index is 13.1. The number of esters is 1. The maximum absolute atomic E-state index is 13.1. The molecule has 1 saturated heterocycles. The number of rotatable bonds is 8. The minimum atomic E-state index is -0.658. The number of hydrogen-bond donors (Lipinski definition) is 2. The molecule has 1 atom stereocenters. The molecule has 0 saturated carbocycles. The molecule has 1 fully saturated rings. The monoisotopic (exact) mass is 478 g/mol. The third kappa shape index (κ3) is 5.77. The molecule has 0 aliphatic carbocycles. The predicted molar refractivity (Wildman–Crippen MR) is 136 cm³/mol. The van der Waals surface area contributed by atoms with E-state index < -0.39 is 12.0 Å². The first-order valence-electron chi connectivity index (χ1n) is 12.2. The number of carbonyl (C=O) groups excluding carboxylic acids is 2. The minimum absolute atomic E-state index is 0.249. The van der Waals surface area contributed by atoms with Crippen molar-refractivity contribution in [2.75, 3.05) is 50.8 Å². The number of amides is 2. The van der Waals surface area contributed by atoms with Crippen molar-refractivity contribution in [3.63, 3.8) is 0 Å². The summed E-state index contributed by atoms with van der Waals surface area (Å²) in [6.07, 6.45) is 0. The number of hydrogen-bond acceptors (Lipinski definition) is 6. The van der Waals surface area contributed by atoms with Crippen LogP contribution in [-0.2, 0) is 9.53 Å². The van der Waals surface area contributed by atoms with E-state index in [1.807, 2.05) is 31.2 Å². The Bertz CT molecular complexity index is 1090. The van der Waals surface area contributed by atoms with Gasteiger partial charge in [0.1, 0.15) is 5.75 Å². The number of nitrogens with one attached hydrogen (secondary N) is 2. The van der Waals surface area contributed by atoms with Crippen LogP contribution in [-0.4, -0.2) is 62.8 Å². The van der Waals surface area contributed by atoms with E-state index in [0.717, 1.165) is 31.7 Å². The maximum Gasteiger partial charge on any atom is 0.338 e. The molecule has 2 heterocycles. The number of para-hydroxylation sites is 1. The molecule has 0 aromatic heterocycles. The highest BCUT2D eigenvalue weighted by molar-refractivity contribution is 5.95. The smallest absolute Gasteiger partial charge is 0.338 e. The molecule has 35 heavy (non-hydrogen) atoms. The molecule has 4 rings (SSSR count). The molecule has 2 amide bonds. The molecule has 2 aliphatic heterocycles. The lowest BCUT2D eigenvalue weighted by atomic mass is 9.94. The fourth-order valence-corrected chi connectivity index (χ4v) is 4.64. The van der Waals surface area contributed by atoms with Crippen LogP contribution >= 0.6 is 0 Å². The summed E-state index contributed by atoms with van der Waals surface area (Å²) in [7, 11) is 0. The van der Waals surface area contributed by atoms with Gasteiger partial charge in [-0.3, -0.25) is 4.90 Å². The first-order chi connectivity index (χ1) is 17.0. The molecule has 0 unspecified atom stereocenters. The Hall–Kier alpha value is -3.52. The van der Waals surface area contributed by atoms with Gasteiger partial charge in [0.05, 0.1) is 24.8 Å². The molecular weight excluding hydrogens is 444 g/mol. The van der Waals surface area contributed by atoms with Gasteiger partial charge in [-0.25, -0.2) is 9.59 Å². The van der Waals surface area contributed by atoms with E-state index in [0.29, 0.717) is 30.2 Å². The highest BCUT2D eigenvalue weighted by Crippen LogP contribution is 2.34. The van der Waals surface area contributed by atoms with Crippen molar-refractivity contribution in [3.8, 4) is 5.75 Å². The van der Waals surface area contributed by atoms with E-state index in [-0.39, 0.29) is 12.6 Å². The molecule has 2 aromatic rings. The van der Waals surface area contributed by atoms with Gasteiger partial charge in [-0.15, -0.1) is 0 Å². The summed E-state index contributed by atoms with van der Waals surface area (Å²) in [4.78, 5) is 30.5. The van der Waals surface area contributed by atoms with Crippen LogP contribution in [0.1, 0.15) is 31.0 Å². The summed E-state index contributed by atoms with van der Waals surface area (Å²) in [5, 5.41) is 5.79. The molecule has 0 spiro atoms. The van der Waals surface area contributed by atoms with Gasteiger partial charge in [0.15, 0.2) is 0 Å². The van der Waals surface area contributed by atoms with Gasteiger partial charge in [0.2, 0.25) is 0 Å². The summed E-state index contributed by atoms with van der Waals surface area (Å²) in [5.41, 5.74) is 4.19. The highest BCUT2D eigenvalue weighted by atomic mass is 16.5. The van der Waals surface area contributed by atoms with Crippen LogP contribution in [0.5, 0.6) is 5.75 Å². The van der Waals surface area contributed by atoms with Crippen molar-refractivity contribution in [2.24, 2.45) is 0 Å². The molecule has 8 heteroatoms. The van der Waals surface area contributed by atoms with Crippen LogP contribution in [0.15, 0.2) is 59.8 Å². The lowest BCUT2D eigenvalue weighted by Crippen LogP contribution is -2.51. The summed E-state index contributed by atoms with van der Waals surface area (Å²) in [6, 6.07) is 15.0. The number of piperazine rings is 1. The second kappa shape index (κ2) is 11.3. The van der Waals surface area contributed by atoms with Gasteiger partial charge in [-0.1, -0.05) is 30.3 Å². The standard InChI is InChI=1S/C27H34N4O4/c1-4-34-23-12-7-6-11-21(23)25-24(26(32)35-5-2)22(28-27(33)29-25)18-30-13-15-31(16-14-30)20-10-8-9-19(3)17-20/h6-12,17,25H,4-5,13-16,18H2,1-3H3,(H2,28,29,33)/t25-/m0/s1. The van der Waals surface area contributed by atoms with Gasteiger partial charge < -0.3 is 25.0 Å².